The van der Waals surface area contributed by atoms with E-state index in [9.17, 15) is 14.7 Å². The van der Waals surface area contributed by atoms with Crippen LogP contribution in [0.1, 0.15) is 51.9 Å². The van der Waals surface area contributed by atoms with E-state index < -0.39 is 11.8 Å². The second kappa shape index (κ2) is 6.19. The van der Waals surface area contributed by atoms with Gasteiger partial charge in [0.2, 0.25) is 0 Å². The predicted molar refractivity (Wildman–Crippen MR) is 103 cm³/mol. The minimum absolute atomic E-state index is 0.0745. The number of hydrogen-bond acceptors (Lipinski definition) is 4. The third-order valence-electron chi connectivity index (χ3n) is 9.07. The Bertz CT molecular complexity index is 769. The monoisotopic (exact) mass is 386 g/mol. The van der Waals surface area contributed by atoms with Gasteiger partial charge in [-0.05, 0) is 79.3 Å². The zero-order valence-electron chi connectivity index (χ0n) is 16.5. The van der Waals surface area contributed by atoms with Crippen molar-refractivity contribution in [3.63, 3.8) is 0 Å². The van der Waals surface area contributed by atoms with E-state index in [-0.39, 0.29) is 23.7 Å². The summed E-state index contributed by atoms with van der Waals surface area (Å²) in [5.41, 5.74) is 0.265. The van der Waals surface area contributed by atoms with Crippen LogP contribution in [0.25, 0.3) is 0 Å². The smallest absolute Gasteiger partial charge is 0.450 e. The highest BCUT2D eigenvalue weighted by Gasteiger charge is 2.76. The number of carbonyl (C=O) groups excluding carboxylic acids is 1. The Kier molecular flexibility index (Phi) is 4.07. The van der Waals surface area contributed by atoms with Crippen LogP contribution in [0.5, 0.6) is 0 Å². The van der Waals surface area contributed by atoms with Gasteiger partial charge in [0.1, 0.15) is 0 Å². The minimum atomic E-state index is -1.26. The molecular weight excluding hydrogens is 356 g/mol. The number of carbonyl (C=O) groups is 2. The fraction of sp³-hybridized carbons (Fsp3) is 0.739. The second-order valence-electron chi connectivity index (χ2n) is 9.72. The van der Waals surface area contributed by atoms with E-state index in [0.717, 1.165) is 32.1 Å². The van der Waals surface area contributed by atoms with Gasteiger partial charge in [-0.25, -0.2) is 4.79 Å². The quantitative estimate of drug-likeness (QED) is 0.715. The molecule has 8 atom stereocenters. The summed E-state index contributed by atoms with van der Waals surface area (Å²) in [7, 11) is 0. The standard InChI is InChI=1S/C23H30O5/c1-2-22-8-7-16-15-6-4-14(24)11-13(15)3-5-17(16)20(22)18-12-19(18)23(22,27)9-10-28-21(25)26/h3,5,11,15-20,27H,2,4,6-10,12H2,1H3,(H,25,26)/t15-,16+,17+,18-,19+,20+,22-,23-/m0/s1. The van der Waals surface area contributed by atoms with Crippen LogP contribution in [0, 0.1) is 40.9 Å². The lowest BCUT2D eigenvalue weighted by atomic mass is 9.49. The molecule has 0 bridgehead atoms. The van der Waals surface area contributed by atoms with E-state index in [4.69, 9.17) is 9.84 Å². The third kappa shape index (κ3) is 2.35. The topological polar surface area (TPSA) is 83.8 Å². The van der Waals surface area contributed by atoms with Gasteiger partial charge < -0.3 is 14.9 Å². The lowest BCUT2D eigenvalue weighted by Gasteiger charge is -2.57. The van der Waals surface area contributed by atoms with Crippen LogP contribution in [0.15, 0.2) is 23.8 Å². The largest absolute Gasteiger partial charge is 0.505 e. The number of rotatable bonds is 4. The molecule has 28 heavy (non-hydrogen) atoms. The van der Waals surface area contributed by atoms with Crippen LogP contribution in [0.4, 0.5) is 4.79 Å². The van der Waals surface area contributed by atoms with Gasteiger partial charge in [0.05, 0.1) is 12.2 Å². The fourth-order valence-electron chi connectivity index (χ4n) is 8.01. The SMILES string of the molecule is CC[C@]12CC[C@H]3[C@@H](C=CC4=CC(=O)CC[C@@H]43)[C@@H]1[C@H]1C[C@H]1[C@@]2(O)CCOC(=O)O. The first-order valence-electron chi connectivity index (χ1n) is 10.9. The average molecular weight is 386 g/mol. The molecule has 5 heteroatoms. The molecule has 0 saturated heterocycles. The molecule has 5 aliphatic rings. The summed E-state index contributed by atoms with van der Waals surface area (Å²) < 4.78 is 4.80. The van der Waals surface area contributed by atoms with Crippen molar-refractivity contribution >= 4 is 11.9 Å². The lowest BCUT2D eigenvalue weighted by Crippen LogP contribution is -2.56. The van der Waals surface area contributed by atoms with Gasteiger partial charge >= 0.3 is 6.16 Å². The van der Waals surface area contributed by atoms with Crippen LogP contribution < -0.4 is 0 Å². The summed E-state index contributed by atoms with van der Waals surface area (Å²) in [6.45, 7) is 2.27. The molecule has 3 fully saturated rings. The van der Waals surface area contributed by atoms with Gasteiger partial charge in [-0.2, -0.15) is 0 Å². The van der Waals surface area contributed by atoms with E-state index >= 15 is 0 Å². The average Bonchev–Trinajstić information content (AvgIpc) is 3.43. The maximum Gasteiger partial charge on any atom is 0.505 e. The van der Waals surface area contributed by atoms with E-state index in [1.165, 1.54) is 5.57 Å². The maximum atomic E-state index is 11.9. The highest BCUT2D eigenvalue weighted by atomic mass is 16.7. The van der Waals surface area contributed by atoms with E-state index in [1.54, 1.807) is 0 Å². The Hall–Kier alpha value is -1.62. The molecular formula is C23H30O5. The Balaban J connectivity index is 1.47. The van der Waals surface area contributed by atoms with E-state index in [0.29, 0.717) is 42.4 Å². The second-order valence-corrected chi connectivity index (χ2v) is 9.72. The molecule has 152 valence electrons. The van der Waals surface area contributed by atoms with Gasteiger partial charge in [0, 0.05) is 18.3 Å². The number of ketones is 1. The Labute approximate surface area is 165 Å². The molecule has 5 nitrogen and oxygen atoms in total. The molecule has 5 rings (SSSR count). The number of carboxylic acid groups (broad SMARTS) is 1. The van der Waals surface area contributed by atoms with Crippen LogP contribution in [-0.2, 0) is 9.53 Å². The van der Waals surface area contributed by atoms with Crippen LogP contribution in [0.2, 0.25) is 0 Å². The first kappa shape index (κ1) is 18.4. The molecule has 2 N–H and O–H groups in total. The van der Waals surface area contributed by atoms with Crippen molar-refractivity contribution in [3.05, 3.63) is 23.8 Å². The minimum Gasteiger partial charge on any atom is -0.450 e. The van der Waals surface area contributed by atoms with Crippen LogP contribution in [-0.4, -0.2) is 34.4 Å². The van der Waals surface area contributed by atoms with Crippen molar-refractivity contribution in [1.82, 2.24) is 0 Å². The molecule has 0 aromatic carbocycles. The number of allylic oxidation sites excluding steroid dienone is 4. The van der Waals surface area contributed by atoms with Crippen molar-refractivity contribution in [1.29, 1.82) is 0 Å². The molecule has 0 aliphatic heterocycles. The van der Waals surface area contributed by atoms with Crippen molar-refractivity contribution in [2.45, 2.75) is 57.5 Å². The number of aliphatic hydroxyl groups is 1. The number of fused-ring (bicyclic) bond motifs is 7. The normalized spacial score (nSPS) is 48.1. The highest BCUT2D eigenvalue weighted by Crippen LogP contribution is 2.77. The van der Waals surface area contributed by atoms with Gasteiger partial charge in [0.15, 0.2) is 5.78 Å². The molecule has 0 radical (unpaired) electrons. The molecule has 0 amide bonds. The summed E-state index contributed by atoms with van der Waals surface area (Å²) >= 11 is 0. The Morgan fingerprint density at radius 1 is 1.32 bits per heavy atom. The first-order valence-corrected chi connectivity index (χ1v) is 10.9. The Morgan fingerprint density at radius 2 is 2.14 bits per heavy atom. The summed E-state index contributed by atoms with van der Waals surface area (Å²) in [5.74, 6) is 3.08. The highest BCUT2D eigenvalue weighted by molar-refractivity contribution is 5.91. The number of ether oxygens (including phenoxy) is 1. The molecule has 0 heterocycles. The van der Waals surface area contributed by atoms with Crippen molar-refractivity contribution in [2.24, 2.45) is 40.9 Å². The Morgan fingerprint density at radius 3 is 2.89 bits per heavy atom. The summed E-state index contributed by atoms with van der Waals surface area (Å²) in [4.78, 5) is 22.7. The first-order chi connectivity index (χ1) is 13.4. The number of hydrogen-bond donors (Lipinski definition) is 2. The molecule has 0 aromatic rings. The fourth-order valence-corrected chi connectivity index (χ4v) is 8.01. The van der Waals surface area contributed by atoms with Crippen LogP contribution in [0.3, 0.4) is 0 Å². The lowest BCUT2D eigenvalue weighted by molar-refractivity contribution is -0.150. The summed E-state index contributed by atoms with van der Waals surface area (Å²) in [6, 6.07) is 0. The van der Waals surface area contributed by atoms with Crippen molar-refractivity contribution in [3.8, 4) is 0 Å². The van der Waals surface area contributed by atoms with Crippen molar-refractivity contribution in [2.75, 3.05) is 6.61 Å². The van der Waals surface area contributed by atoms with Gasteiger partial charge in [-0.3, -0.25) is 4.79 Å². The predicted octanol–water partition coefficient (Wildman–Crippen LogP) is 3.97. The summed E-state index contributed by atoms with van der Waals surface area (Å²) in [6.07, 6.45) is 11.2. The zero-order chi connectivity index (χ0) is 19.7. The van der Waals surface area contributed by atoms with Crippen molar-refractivity contribution < 1.29 is 24.5 Å². The third-order valence-corrected chi connectivity index (χ3v) is 9.07. The molecule has 5 aliphatic carbocycles. The molecule has 0 unspecified atom stereocenters. The zero-order valence-corrected chi connectivity index (χ0v) is 16.5. The van der Waals surface area contributed by atoms with Gasteiger partial charge in [-0.1, -0.05) is 19.1 Å². The van der Waals surface area contributed by atoms with E-state index in [1.807, 2.05) is 6.08 Å². The molecule has 3 saturated carbocycles. The van der Waals surface area contributed by atoms with Gasteiger partial charge in [-0.15, -0.1) is 0 Å². The molecule has 0 spiro atoms. The molecule has 0 aromatic heterocycles. The van der Waals surface area contributed by atoms with Crippen LogP contribution >= 0.6 is 0 Å². The van der Waals surface area contributed by atoms with E-state index in [2.05, 4.69) is 19.1 Å². The summed E-state index contributed by atoms with van der Waals surface area (Å²) in [5, 5.41) is 20.7. The van der Waals surface area contributed by atoms with Gasteiger partial charge in [0.25, 0.3) is 0 Å². The maximum absolute atomic E-state index is 11.9.